The van der Waals surface area contributed by atoms with Crippen LogP contribution in [0.3, 0.4) is 0 Å². The maximum atomic E-state index is 12.1. The number of rotatable bonds is 9. The third-order valence-corrected chi connectivity index (χ3v) is 8.16. The molecule has 5 N–H and O–H groups in total. The lowest BCUT2D eigenvalue weighted by Gasteiger charge is -2.34. The molecule has 1 saturated heterocycles. The lowest BCUT2D eigenvalue weighted by atomic mass is 10.1. The highest BCUT2D eigenvalue weighted by molar-refractivity contribution is 7.53. The molecule has 3 heterocycles. The van der Waals surface area contributed by atoms with Crippen LogP contribution in [0.2, 0.25) is 5.28 Å². The minimum atomic E-state index is -4.67. The van der Waals surface area contributed by atoms with Gasteiger partial charge in [-0.15, -0.1) is 0 Å². The molecule has 1 aliphatic carbocycles. The summed E-state index contributed by atoms with van der Waals surface area (Å²) in [4.78, 5) is 29.8. The fraction of sp³-hybridized carbons (Fsp3) is 0.750. The molecule has 35 heavy (non-hydrogen) atoms. The largest absolute Gasteiger partial charge is 0.387 e. The average molecular weight is 535 g/mol. The number of hydrogen-bond acceptors (Lipinski definition) is 10. The number of hydrogen-bond donors (Lipinski definition) is 5. The molecule has 1 unspecified atom stereocenters. The summed E-state index contributed by atoms with van der Waals surface area (Å²) in [6.45, 7) is 0.859. The van der Waals surface area contributed by atoms with E-state index in [9.17, 15) is 24.6 Å². The molecule has 5 atom stereocenters. The average Bonchev–Trinajstić information content (AvgIpc) is 3.47. The van der Waals surface area contributed by atoms with Crippen molar-refractivity contribution in [1.29, 1.82) is 0 Å². The Hall–Kier alpha value is -1.41. The van der Waals surface area contributed by atoms with Gasteiger partial charge < -0.3 is 39.7 Å². The van der Waals surface area contributed by atoms with E-state index in [0.717, 1.165) is 25.7 Å². The monoisotopic (exact) mass is 534 g/mol. The van der Waals surface area contributed by atoms with E-state index in [1.54, 1.807) is 19.0 Å². The highest BCUT2D eigenvalue weighted by atomic mass is 35.5. The van der Waals surface area contributed by atoms with Crippen molar-refractivity contribution in [3.05, 3.63) is 11.5 Å². The molecular formula is C20H32ClN6O7P. The number of anilines is 1. The number of halogens is 1. The Morgan fingerprint density at radius 2 is 1.97 bits per heavy atom. The number of fused-ring (bicyclic) bond motifs is 1. The van der Waals surface area contributed by atoms with Crippen LogP contribution in [-0.4, -0.2) is 102 Å². The number of aliphatic hydroxyl groups is 2. The van der Waals surface area contributed by atoms with Crippen molar-refractivity contribution < 1.29 is 34.0 Å². The van der Waals surface area contributed by atoms with Crippen molar-refractivity contribution >= 4 is 36.0 Å². The molecule has 15 heteroatoms. The molecule has 2 aromatic rings. The topological polar surface area (TPSA) is 175 Å². The molecule has 196 valence electrons. The zero-order chi connectivity index (χ0) is 25.5. The zero-order valence-electron chi connectivity index (χ0n) is 19.8. The molecule has 1 saturated carbocycles. The molecule has 2 fully saturated rings. The second kappa shape index (κ2) is 10.2. The number of ether oxygens (including phenoxy) is 2. The quantitative estimate of drug-likeness (QED) is 0.227. The Kier molecular flexibility index (Phi) is 7.73. The van der Waals surface area contributed by atoms with E-state index in [1.165, 1.54) is 17.8 Å². The van der Waals surface area contributed by atoms with Gasteiger partial charge in [0.15, 0.2) is 17.2 Å². The van der Waals surface area contributed by atoms with Crippen LogP contribution in [0.5, 0.6) is 0 Å². The van der Waals surface area contributed by atoms with Crippen molar-refractivity contribution in [2.75, 3.05) is 32.6 Å². The summed E-state index contributed by atoms with van der Waals surface area (Å²) in [5.41, 5.74) is 0.316. The second-order valence-electron chi connectivity index (χ2n) is 9.61. The molecule has 13 nitrogen and oxygen atoms in total. The number of aromatic nitrogens is 4. The normalized spacial score (nSPS) is 27.7. The predicted molar refractivity (Wildman–Crippen MR) is 127 cm³/mol. The summed E-state index contributed by atoms with van der Waals surface area (Å²) >= 11 is 6.17. The molecule has 1 aliphatic heterocycles. The van der Waals surface area contributed by atoms with Crippen LogP contribution in [-0.2, 0) is 14.0 Å². The van der Waals surface area contributed by atoms with Crippen LogP contribution < -0.4 is 5.32 Å². The van der Waals surface area contributed by atoms with Crippen molar-refractivity contribution in [1.82, 2.24) is 24.6 Å². The van der Waals surface area contributed by atoms with Crippen LogP contribution in [0.25, 0.3) is 11.0 Å². The summed E-state index contributed by atoms with van der Waals surface area (Å²) in [6, 6.07) is 0.273. The van der Waals surface area contributed by atoms with E-state index in [-0.39, 0.29) is 24.5 Å². The summed E-state index contributed by atoms with van der Waals surface area (Å²) in [5.74, 6) is 0.534. The van der Waals surface area contributed by atoms with Crippen LogP contribution in [0.4, 0.5) is 5.82 Å². The first-order valence-corrected chi connectivity index (χ1v) is 13.4. The summed E-state index contributed by atoms with van der Waals surface area (Å²) in [5, 5.41) is 27.8. The first-order chi connectivity index (χ1) is 16.4. The number of nitrogens with zero attached hydrogens (tertiary/aromatic N) is 5. The minimum absolute atomic E-state index is 0.00578. The molecule has 0 amide bonds. The first kappa shape index (κ1) is 26.6. The highest BCUT2D eigenvalue weighted by Gasteiger charge is 2.49. The van der Waals surface area contributed by atoms with Crippen LogP contribution in [0, 0.1) is 0 Å². The van der Waals surface area contributed by atoms with Gasteiger partial charge in [-0.25, -0.2) is 4.68 Å². The summed E-state index contributed by atoms with van der Waals surface area (Å²) in [6.07, 6.45) is 0.864. The van der Waals surface area contributed by atoms with Crippen LogP contribution >= 0.6 is 19.2 Å². The number of likely N-dealkylation sites (N-methyl/N-ethyl adjacent to an activating group) is 1. The van der Waals surface area contributed by atoms with Crippen molar-refractivity contribution in [3.8, 4) is 0 Å². The maximum absolute atomic E-state index is 12.1. The van der Waals surface area contributed by atoms with Crippen molar-refractivity contribution in [2.45, 2.75) is 68.5 Å². The van der Waals surface area contributed by atoms with Gasteiger partial charge in [0.25, 0.3) is 0 Å². The maximum Gasteiger partial charge on any atom is 0.358 e. The molecule has 4 rings (SSSR count). The Bertz CT molecular complexity index is 1090. The van der Waals surface area contributed by atoms with E-state index in [1.807, 2.05) is 0 Å². The van der Waals surface area contributed by atoms with E-state index in [0.29, 0.717) is 16.9 Å². The molecule has 0 bridgehead atoms. The van der Waals surface area contributed by atoms with Crippen molar-refractivity contribution in [3.63, 3.8) is 0 Å². The molecule has 0 radical (unpaired) electrons. The third-order valence-electron chi connectivity index (χ3n) is 6.49. The van der Waals surface area contributed by atoms with Gasteiger partial charge in [-0.05, 0) is 45.5 Å². The fourth-order valence-corrected chi connectivity index (χ4v) is 5.47. The SMILES string of the molecule is CN(C)CC(C)(OC[C@H]1O[C@@H](n2ncc3c(NC4CCCC4)nc(Cl)nc32)[C@H](O)[C@@H]1O)P(=O)(O)O. The van der Waals surface area contributed by atoms with E-state index < -0.39 is 37.5 Å². The van der Waals surface area contributed by atoms with Crippen LogP contribution in [0.1, 0.15) is 38.8 Å². The van der Waals surface area contributed by atoms with Gasteiger partial charge in [-0.3, -0.25) is 4.57 Å². The van der Waals surface area contributed by atoms with E-state index in [2.05, 4.69) is 20.4 Å². The van der Waals surface area contributed by atoms with Gasteiger partial charge in [0.2, 0.25) is 5.28 Å². The molecule has 2 aliphatic rings. The van der Waals surface area contributed by atoms with Crippen molar-refractivity contribution in [2.24, 2.45) is 0 Å². The lowest BCUT2D eigenvalue weighted by molar-refractivity contribution is -0.0979. The summed E-state index contributed by atoms with van der Waals surface area (Å²) < 4.78 is 24.8. The van der Waals surface area contributed by atoms with Gasteiger partial charge in [-0.1, -0.05) is 12.8 Å². The lowest BCUT2D eigenvalue weighted by Crippen LogP contribution is -2.43. The molecular weight excluding hydrogens is 503 g/mol. The predicted octanol–water partition coefficient (Wildman–Crippen LogP) is 0.925. The Morgan fingerprint density at radius 1 is 1.29 bits per heavy atom. The molecule has 2 aromatic heterocycles. The minimum Gasteiger partial charge on any atom is -0.387 e. The van der Waals surface area contributed by atoms with Gasteiger partial charge in [0, 0.05) is 12.6 Å². The van der Waals surface area contributed by atoms with Gasteiger partial charge in [-0.2, -0.15) is 15.1 Å². The van der Waals surface area contributed by atoms with Gasteiger partial charge in [0.05, 0.1) is 18.2 Å². The van der Waals surface area contributed by atoms with E-state index >= 15 is 0 Å². The number of aliphatic hydroxyl groups excluding tert-OH is 2. The number of nitrogens with one attached hydrogen (secondary N) is 1. The Balaban J connectivity index is 1.54. The summed E-state index contributed by atoms with van der Waals surface area (Å²) in [7, 11) is -1.36. The molecule has 0 aromatic carbocycles. The Labute approximate surface area is 207 Å². The van der Waals surface area contributed by atoms with Crippen LogP contribution in [0.15, 0.2) is 6.20 Å². The Morgan fingerprint density at radius 3 is 2.60 bits per heavy atom. The molecule has 0 spiro atoms. The standard InChI is InChI=1S/C20H32ClN6O7P/c1-20(10-26(2)3,35(30,31)32)33-9-13-14(28)15(29)18(34-13)27-17-12(8-22-27)16(24-19(21)25-17)23-11-6-4-5-7-11/h8,11,13-15,18,28-29H,4-7,9-10H2,1-3H3,(H,23,24,25)(H2,30,31,32)/t13-,14-,15-,18-,20?/m1/s1. The van der Waals surface area contributed by atoms with Gasteiger partial charge in [0.1, 0.15) is 24.1 Å². The highest BCUT2D eigenvalue weighted by Crippen LogP contribution is 2.51. The fourth-order valence-electron chi connectivity index (χ4n) is 4.60. The van der Waals surface area contributed by atoms with Gasteiger partial charge >= 0.3 is 7.60 Å². The first-order valence-electron chi connectivity index (χ1n) is 11.4. The third kappa shape index (κ3) is 5.48. The zero-order valence-corrected chi connectivity index (χ0v) is 21.4. The second-order valence-corrected chi connectivity index (χ2v) is 12.0. The van der Waals surface area contributed by atoms with E-state index in [4.69, 9.17) is 21.1 Å². The smallest absolute Gasteiger partial charge is 0.358 e.